The molecular formula is C13H26F3NO2. The molecule has 0 spiro atoms. The number of unbranched alkanes of at least 4 members (excludes halogenated alkanes) is 5. The number of hydrogen-bond acceptors (Lipinski definition) is 2. The topological polar surface area (TPSA) is 63.3 Å². The summed E-state index contributed by atoms with van der Waals surface area (Å²) in [5.41, 5.74) is 5.81. The SMILES string of the molecule is CCCCCCCCC(N)CC.O=C(O)C(F)(F)F. The Morgan fingerprint density at radius 1 is 1.11 bits per heavy atom. The molecule has 0 rings (SSSR count). The number of nitrogens with two attached hydrogens (primary N) is 1. The molecule has 0 bridgehead atoms. The van der Waals surface area contributed by atoms with Gasteiger partial charge in [-0.3, -0.25) is 0 Å². The van der Waals surface area contributed by atoms with E-state index in [4.69, 9.17) is 15.6 Å². The zero-order chi connectivity index (χ0) is 15.3. The summed E-state index contributed by atoms with van der Waals surface area (Å²) in [7, 11) is 0. The maximum atomic E-state index is 10.6. The summed E-state index contributed by atoms with van der Waals surface area (Å²) in [6, 6.07) is 0.455. The number of carbonyl (C=O) groups is 1. The fourth-order valence-electron chi connectivity index (χ4n) is 1.39. The molecular weight excluding hydrogens is 259 g/mol. The lowest BCUT2D eigenvalue weighted by atomic mass is 10.1. The van der Waals surface area contributed by atoms with E-state index in [9.17, 15) is 13.2 Å². The van der Waals surface area contributed by atoms with Gasteiger partial charge < -0.3 is 10.8 Å². The Labute approximate surface area is 113 Å². The molecule has 0 aliphatic carbocycles. The van der Waals surface area contributed by atoms with Crippen LogP contribution in [0.15, 0.2) is 0 Å². The average Bonchev–Trinajstić information content (AvgIpc) is 2.32. The number of rotatable bonds is 8. The van der Waals surface area contributed by atoms with Crippen molar-refractivity contribution >= 4 is 5.97 Å². The highest BCUT2D eigenvalue weighted by Gasteiger charge is 2.38. The smallest absolute Gasteiger partial charge is 0.475 e. The van der Waals surface area contributed by atoms with Crippen LogP contribution in [0.1, 0.15) is 65.2 Å². The standard InChI is InChI=1S/C11H25N.C2HF3O2/c1-3-5-6-7-8-9-10-11(12)4-2;3-2(4,5)1(6)7/h11H,3-10,12H2,1-2H3;(H,6,7). The van der Waals surface area contributed by atoms with Crippen molar-refractivity contribution in [3.05, 3.63) is 0 Å². The van der Waals surface area contributed by atoms with Gasteiger partial charge in [0.25, 0.3) is 0 Å². The van der Waals surface area contributed by atoms with Crippen LogP contribution in [0.2, 0.25) is 0 Å². The van der Waals surface area contributed by atoms with Crippen molar-refractivity contribution < 1.29 is 23.1 Å². The van der Waals surface area contributed by atoms with Gasteiger partial charge in [0.2, 0.25) is 0 Å². The Kier molecular flexibility index (Phi) is 13.3. The molecule has 0 aliphatic rings. The lowest BCUT2D eigenvalue weighted by Crippen LogP contribution is -2.21. The van der Waals surface area contributed by atoms with E-state index in [1.807, 2.05) is 0 Å². The van der Waals surface area contributed by atoms with Crippen LogP contribution >= 0.6 is 0 Å². The van der Waals surface area contributed by atoms with E-state index in [1.165, 1.54) is 44.9 Å². The second-order valence-corrected chi connectivity index (χ2v) is 4.53. The summed E-state index contributed by atoms with van der Waals surface area (Å²) in [6.45, 7) is 4.43. The van der Waals surface area contributed by atoms with Gasteiger partial charge in [-0.1, -0.05) is 52.4 Å². The fraction of sp³-hybridized carbons (Fsp3) is 0.923. The van der Waals surface area contributed by atoms with Crippen LogP contribution in [0, 0.1) is 0 Å². The molecule has 19 heavy (non-hydrogen) atoms. The molecule has 0 fully saturated rings. The summed E-state index contributed by atoms with van der Waals surface area (Å²) in [5.74, 6) is -2.76. The molecule has 3 nitrogen and oxygen atoms in total. The highest BCUT2D eigenvalue weighted by molar-refractivity contribution is 5.73. The van der Waals surface area contributed by atoms with Gasteiger partial charge in [0.05, 0.1) is 0 Å². The normalized spacial score (nSPS) is 12.5. The summed E-state index contributed by atoms with van der Waals surface area (Å²) >= 11 is 0. The van der Waals surface area contributed by atoms with Crippen LogP contribution in [0.4, 0.5) is 13.2 Å². The Morgan fingerprint density at radius 3 is 1.89 bits per heavy atom. The fourth-order valence-corrected chi connectivity index (χ4v) is 1.39. The minimum atomic E-state index is -5.08. The van der Waals surface area contributed by atoms with Gasteiger partial charge in [-0.05, 0) is 12.8 Å². The molecule has 0 aliphatic heterocycles. The second kappa shape index (κ2) is 12.3. The van der Waals surface area contributed by atoms with Crippen molar-refractivity contribution in [3.63, 3.8) is 0 Å². The maximum absolute atomic E-state index is 10.6. The van der Waals surface area contributed by atoms with Crippen LogP contribution < -0.4 is 5.73 Å². The molecule has 0 aromatic heterocycles. The number of halogens is 3. The van der Waals surface area contributed by atoms with Crippen LogP contribution in [0.25, 0.3) is 0 Å². The maximum Gasteiger partial charge on any atom is 0.490 e. The van der Waals surface area contributed by atoms with Gasteiger partial charge in [0.15, 0.2) is 0 Å². The summed E-state index contributed by atoms with van der Waals surface area (Å²) in [4.78, 5) is 8.90. The first-order valence-electron chi connectivity index (χ1n) is 6.81. The van der Waals surface area contributed by atoms with E-state index in [2.05, 4.69) is 13.8 Å². The van der Waals surface area contributed by atoms with Gasteiger partial charge in [-0.15, -0.1) is 0 Å². The van der Waals surface area contributed by atoms with E-state index in [0.29, 0.717) is 6.04 Å². The largest absolute Gasteiger partial charge is 0.490 e. The van der Waals surface area contributed by atoms with Gasteiger partial charge >= 0.3 is 12.1 Å². The molecule has 1 unspecified atom stereocenters. The van der Waals surface area contributed by atoms with Crippen molar-refractivity contribution in [2.24, 2.45) is 5.73 Å². The third-order valence-electron chi connectivity index (χ3n) is 2.70. The van der Waals surface area contributed by atoms with Crippen LogP contribution in [-0.2, 0) is 4.79 Å². The van der Waals surface area contributed by atoms with Crippen molar-refractivity contribution in [2.45, 2.75) is 77.4 Å². The van der Waals surface area contributed by atoms with E-state index in [-0.39, 0.29) is 0 Å². The van der Waals surface area contributed by atoms with Crippen LogP contribution in [-0.4, -0.2) is 23.3 Å². The summed E-state index contributed by atoms with van der Waals surface area (Å²) < 4.78 is 31.7. The monoisotopic (exact) mass is 285 g/mol. The molecule has 0 saturated heterocycles. The van der Waals surface area contributed by atoms with Gasteiger partial charge in [-0.25, -0.2) is 4.79 Å². The van der Waals surface area contributed by atoms with E-state index in [1.54, 1.807) is 0 Å². The van der Waals surface area contributed by atoms with Gasteiger partial charge in [0, 0.05) is 6.04 Å². The second-order valence-electron chi connectivity index (χ2n) is 4.53. The average molecular weight is 285 g/mol. The zero-order valence-electron chi connectivity index (χ0n) is 11.8. The third-order valence-corrected chi connectivity index (χ3v) is 2.70. The lowest BCUT2D eigenvalue weighted by molar-refractivity contribution is -0.192. The molecule has 0 radical (unpaired) electrons. The Hall–Kier alpha value is -0.780. The predicted molar refractivity (Wildman–Crippen MR) is 70.0 cm³/mol. The minimum Gasteiger partial charge on any atom is -0.475 e. The first-order valence-corrected chi connectivity index (χ1v) is 6.81. The summed E-state index contributed by atoms with van der Waals surface area (Å²) in [6.07, 6.45) is 5.56. The molecule has 0 amide bonds. The molecule has 3 N–H and O–H groups in total. The van der Waals surface area contributed by atoms with Crippen molar-refractivity contribution in [1.82, 2.24) is 0 Å². The molecule has 1 atom stereocenters. The van der Waals surface area contributed by atoms with E-state index < -0.39 is 12.1 Å². The highest BCUT2D eigenvalue weighted by atomic mass is 19.4. The Bertz CT molecular complexity index is 220. The Balaban J connectivity index is 0. The van der Waals surface area contributed by atoms with Crippen LogP contribution in [0.3, 0.4) is 0 Å². The quantitative estimate of drug-likeness (QED) is 0.660. The molecule has 116 valence electrons. The number of carboxylic acid groups (broad SMARTS) is 1. The molecule has 0 aromatic rings. The van der Waals surface area contributed by atoms with Crippen molar-refractivity contribution in [1.29, 1.82) is 0 Å². The van der Waals surface area contributed by atoms with Gasteiger partial charge in [0.1, 0.15) is 0 Å². The van der Waals surface area contributed by atoms with Crippen LogP contribution in [0.5, 0.6) is 0 Å². The molecule has 0 aromatic carbocycles. The molecule has 0 heterocycles. The first kappa shape index (κ1) is 20.5. The Morgan fingerprint density at radius 2 is 1.53 bits per heavy atom. The number of alkyl halides is 3. The zero-order valence-corrected chi connectivity index (χ0v) is 11.8. The lowest BCUT2D eigenvalue weighted by Gasteiger charge is -2.07. The number of carboxylic acids is 1. The van der Waals surface area contributed by atoms with Gasteiger partial charge in [-0.2, -0.15) is 13.2 Å². The van der Waals surface area contributed by atoms with Crippen molar-refractivity contribution in [3.8, 4) is 0 Å². The number of hydrogen-bond donors (Lipinski definition) is 2. The first-order chi connectivity index (χ1) is 8.75. The number of aliphatic carboxylic acids is 1. The van der Waals surface area contributed by atoms with E-state index in [0.717, 1.165) is 6.42 Å². The highest BCUT2D eigenvalue weighted by Crippen LogP contribution is 2.13. The predicted octanol–water partition coefficient (Wildman–Crippen LogP) is 4.11. The molecule has 0 saturated carbocycles. The van der Waals surface area contributed by atoms with E-state index >= 15 is 0 Å². The summed E-state index contributed by atoms with van der Waals surface area (Å²) in [5, 5.41) is 7.12. The molecule has 6 heteroatoms. The minimum absolute atomic E-state index is 0.455. The van der Waals surface area contributed by atoms with Crippen molar-refractivity contribution in [2.75, 3.05) is 0 Å². The third kappa shape index (κ3) is 17.2.